The Morgan fingerprint density at radius 3 is 2.44 bits per heavy atom. The van der Waals surface area contributed by atoms with Crippen molar-refractivity contribution in [3.8, 4) is 6.07 Å². The van der Waals surface area contributed by atoms with E-state index in [2.05, 4.69) is 0 Å². The van der Waals surface area contributed by atoms with Crippen molar-refractivity contribution in [3.05, 3.63) is 35.1 Å². The number of halogens is 1. The van der Waals surface area contributed by atoms with Gasteiger partial charge in [-0.2, -0.15) is 5.26 Å². The molecule has 0 radical (unpaired) electrons. The number of nitrogens with zero attached hydrogens (tertiary/aromatic N) is 2. The number of amides is 1. The van der Waals surface area contributed by atoms with Gasteiger partial charge in [0.05, 0.1) is 11.6 Å². The van der Waals surface area contributed by atoms with Crippen LogP contribution in [0.5, 0.6) is 0 Å². The molecule has 2 aliphatic rings. The van der Waals surface area contributed by atoms with Crippen molar-refractivity contribution in [2.45, 2.75) is 70.6 Å². The number of carbonyl (C=O) groups is 2. The molecule has 0 aromatic heterocycles. The van der Waals surface area contributed by atoms with Crippen molar-refractivity contribution in [1.82, 2.24) is 4.90 Å². The van der Waals surface area contributed by atoms with Gasteiger partial charge in [0.2, 0.25) is 0 Å². The number of ketones is 1. The first-order valence-electron chi connectivity index (χ1n) is 9.40. The van der Waals surface area contributed by atoms with Crippen molar-refractivity contribution >= 4 is 11.9 Å². The van der Waals surface area contributed by atoms with E-state index in [9.17, 15) is 19.2 Å². The van der Waals surface area contributed by atoms with Gasteiger partial charge in [0.15, 0.2) is 0 Å². The monoisotopic (exact) mass is 372 g/mol. The Labute approximate surface area is 159 Å². The van der Waals surface area contributed by atoms with Crippen molar-refractivity contribution in [3.63, 3.8) is 0 Å². The van der Waals surface area contributed by atoms with Crippen LogP contribution in [0.4, 0.5) is 9.18 Å². The fourth-order valence-corrected chi connectivity index (χ4v) is 4.20. The standard InChI is InChI=1S/C21H25FN2O3/c1-21(2,3)27-20(26)24-17-6-7-18(24)10-15(9-17)19(25)11-14-8-16(22)5-4-13(14)12-23/h4-5,8,15,17-18H,6-7,9-11H2,1-3H3. The molecule has 5 nitrogen and oxygen atoms in total. The number of piperidine rings is 1. The fraction of sp³-hybridized carbons (Fsp3) is 0.571. The van der Waals surface area contributed by atoms with Crippen molar-refractivity contribution in [2.75, 3.05) is 0 Å². The molecule has 0 spiro atoms. The SMILES string of the molecule is CC(C)(C)OC(=O)N1C2CCC1CC(C(=O)Cc1cc(F)ccc1C#N)C2. The minimum Gasteiger partial charge on any atom is -0.444 e. The lowest BCUT2D eigenvalue weighted by Gasteiger charge is -2.39. The van der Waals surface area contributed by atoms with Crippen molar-refractivity contribution < 1.29 is 18.7 Å². The van der Waals surface area contributed by atoms with Gasteiger partial charge >= 0.3 is 6.09 Å². The number of hydrogen-bond acceptors (Lipinski definition) is 4. The second-order valence-electron chi connectivity index (χ2n) is 8.50. The first-order valence-corrected chi connectivity index (χ1v) is 9.40. The maximum Gasteiger partial charge on any atom is 0.410 e. The number of ether oxygens (including phenoxy) is 1. The van der Waals surface area contributed by atoms with Crippen LogP contribution in [-0.2, 0) is 16.0 Å². The number of carbonyl (C=O) groups excluding carboxylic acids is 2. The van der Waals surface area contributed by atoms with Gasteiger partial charge in [0.25, 0.3) is 0 Å². The maximum atomic E-state index is 13.5. The number of Topliss-reactive ketones (excluding diaryl/α,β-unsaturated/α-hetero) is 1. The number of benzene rings is 1. The normalized spacial score (nSPS) is 24.4. The van der Waals surface area contributed by atoms with Gasteiger partial charge in [-0.25, -0.2) is 9.18 Å². The van der Waals surface area contributed by atoms with E-state index in [0.717, 1.165) is 12.8 Å². The highest BCUT2D eigenvalue weighted by atomic mass is 19.1. The number of hydrogen-bond donors (Lipinski definition) is 0. The molecule has 3 rings (SSSR count). The van der Waals surface area contributed by atoms with E-state index in [-0.39, 0.29) is 36.3 Å². The molecule has 27 heavy (non-hydrogen) atoms. The van der Waals surface area contributed by atoms with Crippen molar-refractivity contribution in [1.29, 1.82) is 5.26 Å². The second kappa shape index (κ2) is 7.30. The van der Waals surface area contributed by atoms with Gasteiger partial charge in [-0.1, -0.05) is 0 Å². The first kappa shape index (κ1) is 19.3. The summed E-state index contributed by atoms with van der Waals surface area (Å²) in [5.74, 6) is -0.606. The second-order valence-corrected chi connectivity index (χ2v) is 8.50. The summed E-state index contributed by atoms with van der Waals surface area (Å²) < 4.78 is 19.0. The minimum atomic E-state index is -0.547. The lowest BCUT2D eigenvalue weighted by atomic mass is 9.84. The lowest BCUT2D eigenvalue weighted by Crippen LogP contribution is -2.49. The fourth-order valence-electron chi connectivity index (χ4n) is 4.20. The highest BCUT2D eigenvalue weighted by Crippen LogP contribution is 2.40. The molecule has 0 aliphatic carbocycles. The summed E-state index contributed by atoms with van der Waals surface area (Å²) in [4.78, 5) is 27.1. The van der Waals surface area contributed by atoms with Crippen LogP contribution in [0.25, 0.3) is 0 Å². The number of nitriles is 1. The molecule has 2 saturated heterocycles. The molecule has 2 heterocycles. The Morgan fingerprint density at radius 1 is 1.26 bits per heavy atom. The van der Waals surface area contributed by atoms with Gasteiger partial charge in [0.1, 0.15) is 17.2 Å². The van der Waals surface area contributed by atoms with Crippen LogP contribution < -0.4 is 0 Å². The number of fused-ring (bicyclic) bond motifs is 2. The average molecular weight is 372 g/mol. The van der Waals surface area contributed by atoms with E-state index in [1.165, 1.54) is 18.2 Å². The van der Waals surface area contributed by atoms with Gasteiger partial charge < -0.3 is 9.64 Å². The number of rotatable bonds is 3. The smallest absolute Gasteiger partial charge is 0.410 e. The van der Waals surface area contributed by atoms with E-state index in [1.54, 1.807) is 4.90 Å². The van der Waals surface area contributed by atoms with Gasteiger partial charge in [0, 0.05) is 24.4 Å². The topological polar surface area (TPSA) is 70.4 Å². The summed E-state index contributed by atoms with van der Waals surface area (Å²) in [7, 11) is 0. The molecule has 1 aromatic carbocycles. The summed E-state index contributed by atoms with van der Waals surface area (Å²) in [5, 5.41) is 9.17. The molecule has 0 saturated carbocycles. The zero-order chi connectivity index (χ0) is 19.8. The third kappa shape index (κ3) is 4.29. The molecule has 0 N–H and O–H groups in total. The predicted molar refractivity (Wildman–Crippen MR) is 97.4 cm³/mol. The highest BCUT2D eigenvalue weighted by molar-refractivity contribution is 5.84. The molecular weight excluding hydrogens is 347 g/mol. The zero-order valence-electron chi connectivity index (χ0n) is 16.0. The molecule has 2 fully saturated rings. The Hall–Kier alpha value is -2.42. The van der Waals surface area contributed by atoms with E-state index in [1.807, 2.05) is 26.8 Å². The Morgan fingerprint density at radius 2 is 1.89 bits per heavy atom. The van der Waals surface area contributed by atoms with Crippen molar-refractivity contribution in [2.24, 2.45) is 5.92 Å². The summed E-state index contributed by atoms with van der Waals surface area (Å²) >= 11 is 0. The zero-order valence-corrected chi connectivity index (χ0v) is 16.0. The minimum absolute atomic E-state index is 0.00972. The molecule has 2 bridgehead atoms. The van der Waals surface area contributed by atoms with E-state index >= 15 is 0 Å². The molecule has 1 amide bonds. The highest BCUT2D eigenvalue weighted by Gasteiger charge is 2.46. The van der Waals surface area contributed by atoms with E-state index < -0.39 is 11.4 Å². The lowest BCUT2D eigenvalue weighted by molar-refractivity contribution is -0.124. The largest absolute Gasteiger partial charge is 0.444 e. The third-order valence-electron chi connectivity index (χ3n) is 5.35. The molecule has 144 valence electrons. The quantitative estimate of drug-likeness (QED) is 0.804. The average Bonchev–Trinajstić information content (AvgIpc) is 2.84. The summed E-state index contributed by atoms with van der Waals surface area (Å²) in [5.41, 5.74) is 0.220. The molecule has 1 aromatic rings. The van der Waals surface area contributed by atoms with Crippen LogP contribution in [-0.4, -0.2) is 34.5 Å². The van der Waals surface area contributed by atoms with Gasteiger partial charge in [-0.05, 0) is 70.2 Å². The van der Waals surface area contributed by atoms with Gasteiger partial charge in [-0.15, -0.1) is 0 Å². The molecule has 2 unspecified atom stereocenters. The van der Waals surface area contributed by atoms with Crippen LogP contribution >= 0.6 is 0 Å². The molecule has 2 aliphatic heterocycles. The van der Waals surface area contributed by atoms with E-state index in [4.69, 9.17) is 4.74 Å². The van der Waals surface area contributed by atoms with Gasteiger partial charge in [-0.3, -0.25) is 4.79 Å². The Kier molecular flexibility index (Phi) is 5.23. The predicted octanol–water partition coefficient (Wildman–Crippen LogP) is 3.99. The Balaban J connectivity index is 1.68. The summed E-state index contributed by atoms with van der Waals surface area (Å²) in [6.07, 6.45) is 2.70. The third-order valence-corrected chi connectivity index (χ3v) is 5.35. The van der Waals surface area contributed by atoms with Crippen LogP contribution in [0.1, 0.15) is 57.6 Å². The maximum absolute atomic E-state index is 13.5. The van der Waals surface area contributed by atoms with Crippen LogP contribution in [0.15, 0.2) is 18.2 Å². The summed E-state index contributed by atoms with van der Waals surface area (Å²) in [6, 6.07) is 5.94. The molecule has 6 heteroatoms. The van der Waals surface area contributed by atoms with Crippen LogP contribution in [0.3, 0.4) is 0 Å². The molecular formula is C21H25FN2O3. The van der Waals surface area contributed by atoms with E-state index in [0.29, 0.717) is 24.0 Å². The van der Waals surface area contributed by atoms with Crippen LogP contribution in [0.2, 0.25) is 0 Å². The Bertz CT molecular complexity index is 780. The molecule has 2 atom stereocenters. The first-order chi connectivity index (χ1) is 12.7. The summed E-state index contributed by atoms with van der Waals surface area (Å²) in [6.45, 7) is 5.53. The van der Waals surface area contributed by atoms with Crippen LogP contribution in [0, 0.1) is 23.1 Å².